The molecule has 0 spiro atoms. The number of unbranched alkanes of at least 4 members (excludes halogenated alkanes) is 1. The molecule has 1 rings (SSSR count). The molecular weight excluding hydrogens is 263 g/mol. The summed E-state index contributed by atoms with van der Waals surface area (Å²) >= 11 is 0. The smallest absolute Gasteiger partial charge is 0.359 e. The van der Waals surface area contributed by atoms with E-state index in [1.54, 1.807) is 18.2 Å². The van der Waals surface area contributed by atoms with Gasteiger partial charge in [-0.15, -0.1) is 0 Å². The highest BCUT2D eigenvalue weighted by atomic mass is 31.2. The van der Waals surface area contributed by atoms with Crippen molar-refractivity contribution in [3.05, 3.63) is 24.3 Å². The Hall–Kier alpha value is -0.830. The van der Waals surface area contributed by atoms with Crippen molar-refractivity contribution in [1.29, 1.82) is 0 Å². The molecule has 1 aromatic rings. The first-order chi connectivity index (χ1) is 8.99. The van der Waals surface area contributed by atoms with E-state index in [2.05, 4.69) is 13.8 Å². The first-order valence-electron chi connectivity index (χ1n) is 6.77. The van der Waals surface area contributed by atoms with Gasteiger partial charge in [-0.1, -0.05) is 45.2 Å². The monoisotopic (exact) mass is 286 g/mol. The molecule has 0 amide bonds. The van der Waals surface area contributed by atoms with Gasteiger partial charge >= 0.3 is 7.60 Å². The van der Waals surface area contributed by atoms with Crippen molar-refractivity contribution in [2.45, 2.75) is 39.5 Å². The van der Waals surface area contributed by atoms with Crippen LogP contribution < -0.4 is 10.0 Å². The molecular formula is C14H23O4P. The zero-order valence-electron chi connectivity index (χ0n) is 11.6. The molecule has 0 aliphatic rings. The van der Waals surface area contributed by atoms with E-state index in [-0.39, 0.29) is 5.30 Å². The third-order valence-corrected chi connectivity index (χ3v) is 4.19. The first kappa shape index (κ1) is 16.2. The molecule has 1 aromatic carbocycles. The van der Waals surface area contributed by atoms with Crippen LogP contribution in [0, 0.1) is 5.92 Å². The summed E-state index contributed by atoms with van der Waals surface area (Å²) in [4.78, 5) is 18.5. The molecule has 5 heteroatoms. The van der Waals surface area contributed by atoms with Crippen molar-refractivity contribution < 1.29 is 19.1 Å². The Bertz CT molecular complexity index is 427. The highest BCUT2D eigenvalue weighted by Crippen LogP contribution is 2.37. The molecule has 0 aliphatic heterocycles. The van der Waals surface area contributed by atoms with Crippen LogP contribution in [0.3, 0.4) is 0 Å². The summed E-state index contributed by atoms with van der Waals surface area (Å²) in [5.74, 6) is 0.732. The lowest BCUT2D eigenvalue weighted by atomic mass is 10.0. The van der Waals surface area contributed by atoms with Gasteiger partial charge in [0.15, 0.2) is 0 Å². The number of rotatable bonds is 8. The van der Waals surface area contributed by atoms with E-state index in [1.165, 1.54) is 6.07 Å². The standard InChI is InChI=1S/C14H23O4P/c1-3-5-8-12(4-2)11-18-13-9-6-7-10-14(13)19(15,16)17/h6-7,9-10,12H,3-5,8,11H2,1-2H3,(H2,15,16,17). The molecule has 1 unspecified atom stereocenters. The first-order valence-corrected chi connectivity index (χ1v) is 8.38. The highest BCUT2D eigenvalue weighted by Gasteiger charge is 2.22. The van der Waals surface area contributed by atoms with E-state index in [4.69, 9.17) is 4.74 Å². The second-order valence-corrected chi connectivity index (χ2v) is 6.31. The molecule has 0 saturated heterocycles. The Labute approximate surface area is 115 Å². The molecule has 0 heterocycles. The Morgan fingerprint density at radius 3 is 2.53 bits per heavy atom. The minimum absolute atomic E-state index is 0.0275. The van der Waals surface area contributed by atoms with Crippen LogP contribution in [-0.4, -0.2) is 16.4 Å². The number of ether oxygens (including phenoxy) is 1. The van der Waals surface area contributed by atoms with Gasteiger partial charge in [-0.2, -0.15) is 0 Å². The lowest BCUT2D eigenvalue weighted by Gasteiger charge is -2.17. The molecule has 108 valence electrons. The summed E-state index contributed by atoms with van der Waals surface area (Å²) in [5.41, 5.74) is 0. The van der Waals surface area contributed by atoms with Gasteiger partial charge < -0.3 is 14.5 Å². The lowest BCUT2D eigenvalue weighted by molar-refractivity contribution is 0.234. The zero-order chi connectivity index (χ0) is 14.3. The molecule has 19 heavy (non-hydrogen) atoms. The molecule has 1 atom stereocenters. The van der Waals surface area contributed by atoms with Gasteiger partial charge in [0.1, 0.15) is 11.1 Å². The van der Waals surface area contributed by atoms with Crippen molar-refractivity contribution in [3.8, 4) is 5.75 Å². The van der Waals surface area contributed by atoms with Crippen LogP contribution in [0.25, 0.3) is 0 Å². The van der Waals surface area contributed by atoms with Gasteiger partial charge in [-0.05, 0) is 24.5 Å². The highest BCUT2D eigenvalue weighted by molar-refractivity contribution is 7.60. The number of hydrogen-bond donors (Lipinski definition) is 2. The zero-order valence-corrected chi connectivity index (χ0v) is 12.5. The number of hydrogen-bond acceptors (Lipinski definition) is 2. The maximum absolute atomic E-state index is 11.4. The van der Waals surface area contributed by atoms with Crippen molar-refractivity contribution in [3.63, 3.8) is 0 Å². The fourth-order valence-corrected chi connectivity index (χ4v) is 2.63. The van der Waals surface area contributed by atoms with E-state index in [0.29, 0.717) is 18.3 Å². The van der Waals surface area contributed by atoms with Crippen molar-refractivity contribution in [1.82, 2.24) is 0 Å². The summed E-state index contributed by atoms with van der Waals surface area (Å²) in [7, 11) is -4.27. The quantitative estimate of drug-likeness (QED) is 0.721. The van der Waals surface area contributed by atoms with Crippen LogP contribution in [0.4, 0.5) is 0 Å². The average Bonchev–Trinajstić information content (AvgIpc) is 2.38. The molecule has 0 aromatic heterocycles. The van der Waals surface area contributed by atoms with Gasteiger partial charge in [-0.25, -0.2) is 0 Å². The van der Waals surface area contributed by atoms with Gasteiger partial charge in [0, 0.05) is 0 Å². The molecule has 0 aliphatic carbocycles. The van der Waals surface area contributed by atoms with E-state index < -0.39 is 7.60 Å². The predicted octanol–water partition coefficient (Wildman–Crippen LogP) is 3.08. The molecule has 0 saturated carbocycles. The van der Waals surface area contributed by atoms with E-state index in [9.17, 15) is 14.4 Å². The van der Waals surface area contributed by atoms with Gasteiger partial charge in [-0.3, -0.25) is 4.57 Å². The van der Waals surface area contributed by atoms with E-state index in [1.807, 2.05) is 0 Å². The minimum Gasteiger partial charge on any atom is -0.492 e. The molecule has 0 radical (unpaired) electrons. The predicted molar refractivity (Wildman–Crippen MR) is 76.9 cm³/mol. The van der Waals surface area contributed by atoms with Crippen molar-refractivity contribution in [2.75, 3.05) is 6.61 Å². The van der Waals surface area contributed by atoms with Crippen molar-refractivity contribution >= 4 is 12.9 Å². The lowest BCUT2D eigenvalue weighted by Crippen LogP contribution is -2.16. The second-order valence-electron chi connectivity index (χ2n) is 4.74. The molecule has 0 bridgehead atoms. The van der Waals surface area contributed by atoms with E-state index in [0.717, 1.165) is 25.7 Å². The molecule has 0 fully saturated rings. The summed E-state index contributed by atoms with van der Waals surface area (Å²) in [6.07, 6.45) is 4.40. The third-order valence-electron chi connectivity index (χ3n) is 3.20. The Kier molecular flexibility index (Phi) is 6.56. The Morgan fingerprint density at radius 1 is 1.26 bits per heavy atom. The van der Waals surface area contributed by atoms with Gasteiger partial charge in [0.25, 0.3) is 0 Å². The average molecular weight is 286 g/mol. The third kappa shape index (κ3) is 5.35. The van der Waals surface area contributed by atoms with Crippen LogP contribution in [0.1, 0.15) is 39.5 Å². The van der Waals surface area contributed by atoms with Crippen LogP contribution in [0.15, 0.2) is 24.3 Å². The topological polar surface area (TPSA) is 66.8 Å². The van der Waals surface area contributed by atoms with Crippen molar-refractivity contribution in [2.24, 2.45) is 5.92 Å². The largest absolute Gasteiger partial charge is 0.492 e. The summed E-state index contributed by atoms with van der Waals surface area (Å²) in [6, 6.07) is 6.36. The van der Waals surface area contributed by atoms with Crippen LogP contribution in [0.5, 0.6) is 5.75 Å². The fraction of sp³-hybridized carbons (Fsp3) is 0.571. The van der Waals surface area contributed by atoms with Crippen LogP contribution in [-0.2, 0) is 4.57 Å². The Morgan fingerprint density at radius 2 is 1.95 bits per heavy atom. The number of benzene rings is 1. The molecule has 4 nitrogen and oxygen atoms in total. The van der Waals surface area contributed by atoms with E-state index >= 15 is 0 Å². The minimum atomic E-state index is -4.27. The fourth-order valence-electron chi connectivity index (χ4n) is 1.93. The number of para-hydroxylation sites is 1. The second kappa shape index (κ2) is 7.68. The summed E-state index contributed by atoms with van der Waals surface area (Å²) in [5, 5.41) is -0.0275. The van der Waals surface area contributed by atoms with Gasteiger partial charge in [0.2, 0.25) is 0 Å². The summed E-state index contributed by atoms with van der Waals surface area (Å²) in [6.45, 7) is 4.77. The maximum atomic E-state index is 11.4. The van der Waals surface area contributed by atoms with Gasteiger partial charge in [0.05, 0.1) is 6.61 Å². The van der Waals surface area contributed by atoms with Crippen LogP contribution in [0.2, 0.25) is 0 Å². The molecule has 2 N–H and O–H groups in total. The van der Waals surface area contributed by atoms with Crippen LogP contribution >= 0.6 is 7.60 Å². The normalized spacial score (nSPS) is 13.3. The summed E-state index contributed by atoms with van der Waals surface area (Å²) < 4.78 is 17.0. The SMILES string of the molecule is CCCCC(CC)COc1ccccc1P(=O)(O)O. The Balaban J connectivity index is 2.69. The maximum Gasteiger partial charge on any atom is 0.359 e.